The van der Waals surface area contributed by atoms with Gasteiger partial charge >= 0.3 is 0 Å². The van der Waals surface area contributed by atoms with E-state index in [1.807, 2.05) is 48.5 Å². The van der Waals surface area contributed by atoms with Crippen LogP contribution >= 0.6 is 0 Å². The summed E-state index contributed by atoms with van der Waals surface area (Å²) in [7, 11) is 0. The number of carbonyl (C=O) groups is 2. The highest BCUT2D eigenvalue weighted by Gasteiger charge is 2.39. The molecular formula is C20H17NO2. The predicted octanol–water partition coefficient (Wildman–Crippen LogP) is 3.58. The molecule has 2 aromatic rings. The van der Waals surface area contributed by atoms with E-state index in [9.17, 15) is 14.9 Å². The molecule has 23 heavy (non-hydrogen) atoms. The minimum Gasteiger partial charge on any atom is -0.297 e. The molecule has 0 aromatic heterocycles. The van der Waals surface area contributed by atoms with Gasteiger partial charge in [-0.1, -0.05) is 54.6 Å². The zero-order valence-electron chi connectivity index (χ0n) is 12.7. The fourth-order valence-corrected chi connectivity index (χ4v) is 2.74. The maximum atomic E-state index is 12.7. The lowest BCUT2D eigenvalue weighted by molar-refractivity contribution is -0.121. The first kappa shape index (κ1) is 15.2. The Hall–Kier alpha value is -2.73. The molecule has 3 rings (SSSR count). The number of rotatable bonds is 6. The molecule has 0 bridgehead atoms. The number of carbonyl (C=O) groups excluding carboxylic acids is 2. The van der Waals surface area contributed by atoms with E-state index in [1.54, 1.807) is 12.1 Å². The van der Waals surface area contributed by atoms with Crippen LogP contribution in [0, 0.1) is 23.2 Å². The number of benzene rings is 2. The summed E-state index contributed by atoms with van der Waals surface area (Å²) in [6.07, 6.45) is 2.21. The number of hydrogen-bond donors (Lipinski definition) is 0. The molecule has 1 fully saturated rings. The lowest BCUT2D eigenvalue weighted by Crippen LogP contribution is -2.25. The first-order valence-corrected chi connectivity index (χ1v) is 7.80. The van der Waals surface area contributed by atoms with Crippen LogP contribution in [0.5, 0.6) is 0 Å². The van der Waals surface area contributed by atoms with Crippen molar-refractivity contribution in [3.8, 4) is 6.07 Å². The molecule has 1 aliphatic carbocycles. The van der Waals surface area contributed by atoms with E-state index in [1.165, 1.54) is 0 Å². The Balaban J connectivity index is 1.88. The third-order valence-corrected chi connectivity index (χ3v) is 4.18. The van der Waals surface area contributed by atoms with Crippen LogP contribution in [0.1, 0.15) is 34.3 Å². The maximum absolute atomic E-state index is 12.7. The van der Waals surface area contributed by atoms with Crippen molar-refractivity contribution in [2.45, 2.75) is 19.3 Å². The maximum Gasteiger partial charge on any atom is 0.187 e. The summed E-state index contributed by atoms with van der Waals surface area (Å²) in [4.78, 5) is 24.9. The summed E-state index contributed by atoms with van der Waals surface area (Å²) in [6.45, 7) is 0. The lowest BCUT2D eigenvalue weighted by Gasteiger charge is -2.11. The second-order valence-corrected chi connectivity index (χ2v) is 5.92. The molecule has 114 valence electrons. The van der Waals surface area contributed by atoms with Crippen molar-refractivity contribution in [1.29, 1.82) is 5.26 Å². The van der Waals surface area contributed by atoms with Gasteiger partial charge in [-0.3, -0.25) is 9.59 Å². The molecular weight excluding hydrogens is 286 g/mol. The quantitative estimate of drug-likeness (QED) is 0.605. The highest BCUT2D eigenvalue weighted by Crippen LogP contribution is 2.33. The molecule has 1 unspecified atom stereocenters. The van der Waals surface area contributed by atoms with Gasteiger partial charge < -0.3 is 0 Å². The third kappa shape index (κ3) is 3.37. The van der Waals surface area contributed by atoms with Crippen molar-refractivity contribution >= 4 is 11.6 Å². The summed E-state index contributed by atoms with van der Waals surface area (Å²) in [6, 6.07) is 19.0. The Morgan fingerprint density at radius 2 is 1.70 bits per heavy atom. The molecule has 1 aliphatic rings. The van der Waals surface area contributed by atoms with E-state index in [0.29, 0.717) is 12.0 Å². The largest absolute Gasteiger partial charge is 0.297 e. The van der Waals surface area contributed by atoms with E-state index < -0.39 is 5.92 Å². The zero-order valence-corrected chi connectivity index (χ0v) is 12.7. The van der Waals surface area contributed by atoms with Gasteiger partial charge in [-0.05, 0) is 30.4 Å². The van der Waals surface area contributed by atoms with Crippen LogP contribution in [0.3, 0.4) is 0 Å². The van der Waals surface area contributed by atoms with Crippen molar-refractivity contribution in [2.24, 2.45) is 11.8 Å². The van der Waals surface area contributed by atoms with Gasteiger partial charge in [0.15, 0.2) is 17.5 Å². The minimum atomic E-state index is -1.17. The molecule has 0 spiro atoms. The molecule has 1 saturated carbocycles. The van der Waals surface area contributed by atoms with E-state index >= 15 is 0 Å². The van der Waals surface area contributed by atoms with E-state index in [4.69, 9.17) is 0 Å². The average molecular weight is 303 g/mol. The molecule has 1 atom stereocenters. The van der Waals surface area contributed by atoms with Gasteiger partial charge in [-0.15, -0.1) is 0 Å². The molecule has 2 aromatic carbocycles. The smallest absolute Gasteiger partial charge is 0.187 e. The zero-order chi connectivity index (χ0) is 16.2. The highest BCUT2D eigenvalue weighted by molar-refractivity contribution is 6.14. The van der Waals surface area contributed by atoms with Gasteiger partial charge in [0, 0.05) is 11.5 Å². The van der Waals surface area contributed by atoms with Gasteiger partial charge in [-0.2, -0.15) is 5.26 Å². The van der Waals surface area contributed by atoms with Gasteiger partial charge in [0.25, 0.3) is 0 Å². The van der Waals surface area contributed by atoms with Crippen LogP contribution in [0.25, 0.3) is 0 Å². The number of nitriles is 1. The first-order valence-electron chi connectivity index (χ1n) is 7.80. The van der Waals surface area contributed by atoms with Crippen LogP contribution in [-0.4, -0.2) is 11.6 Å². The van der Waals surface area contributed by atoms with Crippen LogP contribution in [0.4, 0.5) is 0 Å². The normalized spacial score (nSPS) is 14.7. The fourth-order valence-electron chi connectivity index (χ4n) is 2.74. The molecule has 0 amide bonds. The standard InChI is InChI=1S/C20H17NO2/c21-13-18(19(22)15-10-11-15)20(23)17-9-5-4-8-16(17)12-14-6-2-1-3-7-14/h1-9,15,18H,10-12H2. The van der Waals surface area contributed by atoms with Crippen LogP contribution in [0.2, 0.25) is 0 Å². The molecule has 0 heterocycles. The fraction of sp³-hybridized carbons (Fsp3) is 0.250. The van der Waals surface area contributed by atoms with Crippen molar-refractivity contribution in [1.82, 2.24) is 0 Å². The average Bonchev–Trinajstić information content (AvgIpc) is 3.42. The SMILES string of the molecule is N#CC(C(=O)c1ccccc1Cc1ccccc1)C(=O)C1CC1. The van der Waals surface area contributed by atoms with Crippen molar-refractivity contribution in [3.63, 3.8) is 0 Å². The van der Waals surface area contributed by atoms with Crippen molar-refractivity contribution in [2.75, 3.05) is 0 Å². The molecule has 0 N–H and O–H groups in total. The monoisotopic (exact) mass is 303 g/mol. The number of nitrogens with zero attached hydrogens (tertiary/aromatic N) is 1. The van der Waals surface area contributed by atoms with Crippen molar-refractivity contribution in [3.05, 3.63) is 71.3 Å². The summed E-state index contributed by atoms with van der Waals surface area (Å²) < 4.78 is 0. The Labute approximate surface area is 135 Å². The summed E-state index contributed by atoms with van der Waals surface area (Å²) >= 11 is 0. The topological polar surface area (TPSA) is 57.9 Å². The molecule has 3 nitrogen and oxygen atoms in total. The van der Waals surface area contributed by atoms with Gasteiger partial charge in [-0.25, -0.2) is 0 Å². The molecule has 3 heteroatoms. The molecule has 0 saturated heterocycles. The van der Waals surface area contributed by atoms with E-state index in [2.05, 4.69) is 0 Å². The summed E-state index contributed by atoms with van der Waals surface area (Å²) in [5.74, 6) is -1.84. The van der Waals surface area contributed by atoms with E-state index in [-0.39, 0.29) is 17.5 Å². The second-order valence-electron chi connectivity index (χ2n) is 5.92. The highest BCUT2D eigenvalue weighted by atomic mass is 16.2. The van der Waals surface area contributed by atoms with Crippen molar-refractivity contribution < 1.29 is 9.59 Å². The third-order valence-electron chi connectivity index (χ3n) is 4.18. The number of hydrogen-bond acceptors (Lipinski definition) is 3. The lowest BCUT2D eigenvalue weighted by atomic mass is 9.88. The molecule has 0 radical (unpaired) electrons. The Morgan fingerprint density at radius 3 is 2.35 bits per heavy atom. The van der Waals surface area contributed by atoms with Crippen LogP contribution < -0.4 is 0 Å². The Morgan fingerprint density at radius 1 is 1.04 bits per heavy atom. The van der Waals surface area contributed by atoms with Gasteiger partial charge in [0.2, 0.25) is 0 Å². The Kier molecular flexibility index (Phi) is 4.34. The molecule has 0 aliphatic heterocycles. The van der Waals surface area contributed by atoms with Crippen LogP contribution in [0.15, 0.2) is 54.6 Å². The number of ketones is 2. The first-order chi connectivity index (χ1) is 11.2. The van der Waals surface area contributed by atoms with Crippen LogP contribution in [-0.2, 0) is 11.2 Å². The van der Waals surface area contributed by atoms with E-state index in [0.717, 1.165) is 24.0 Å². The summed E-state index contributed by atoms with van der Waals surface area (Å²) in [5, 5.41) is 9.29. The van der Waals surface area contributed by atoms with Gasteiger partial charge in [0.1, 0.15) is 0 Å². The second kappa shape index (κ2) is 6.58. The predicted molar refractivity (Wildman–Crippen MR) is 86.9 cm³/mol. The Bertz CT molecular complexity index is 770. The summed E-state index contributed by atoms with van der Waals surface area (Å²) in [5.41, 5.74) is 2.43. The minimum absolute atomic E-state index is 0.0927. The number of Topliss-reactive ketones (excluding diaryl/α,β-unsaturated/α-hetero) is 2. The van der Waals surface area contributed by atoms with Gasteiger partial charge in [0.05, 0.1) is 6.07 Å².